The number of benzene rings is 3. The summed E-state index contributed by atoms with van der Waals surface area (Å²) in [7, 11) is 0. The van der Waals surface area contributed by atoms with E-state index in [2.05, 4.69) is 32.1 Å². The molecular formula is C25H24BrN3O5S. The molecule has 3 N–H and O–H groups in total. The van der Waals surface area contributed by atoms with Gasteiger partial charge < -0.3 is 14.2 Å². The van der Waals surface area contributed by atoms with Crippen molar-refractivity contribution >= 4 is 45.1 Å². The van der Waals surface area contributed by atoms with Gasteiger partial charge in [0.15, 0.2) is 11.7 Å². The first-order valence-corrected chi connectivity index (χ1v) is 11.8. The molecule has 3 aromatic carbocycles. The summed E-state index contributed by atoms with van der Waals surface area (Å²) < 4.78 is 17.4. The van der Waals surface area contributed by atoms with Gasteiger partial charge in [-0.3, -0.25) is 25.8 Å². The lowest BCUT2D eigenvalue weighted by atomic mass is 10.2. The molecule has 182 valence electrons. The molecule has 8 nitrogen and oxygen atoms in total. The number of hydrogen-bond donors (Lipinski definition) is 3. The van der Waals surface area contributed by atoms with E-state index in [1.54, 1.807) is 30.3 Å². The van der Waals surface area contributed by atoms with Crippen molar-refractivity contribution < 1.29 is 23.8 Å². The Hall–Kier alpha value is -3.63. The highest BCUT2D eigenvalue weighted by atomic mass is 79.9. The van der Waals surface area contributed by atoms with Crippen LogP contribution in [0.25, 0.3) is 0 Å². The second-order valence-corrected chi connectivity index (χ2v) is 8.48. The first kappa shape index (κ1) is 26.0. The van der Waals surface area contributed by atoms with E-state index in [0.29, 0.717) is 30.3 Å². The molecule has 2 amide bonds. The van der Waals surface area contributed by atoms with Gasteiger partial charge in [0, 0.05) is 5.56 Å². The van der Waals surface area contributed by atoms with E-state index in [9.17, 15) is 9.59 Å². The minimum atomic E-state index is -0.470. The summed E-state index contributed by atoms with van der Waals surface area (Å²) in [6, 6.07) is 21.6. The fraction of sp³-hybridized carbons (Fsp3) is 0.160. The SMILES string of the molecule is Cc1ccc(OCC(=O)NNC(=S)NC(=O)c2cccc(OCCOc3ccccc3)c2)c(Br)c1. The molecule has 0 saturated heterocycles. The van der Waals surface area contributed by atoms with Crippen LogP contribution in [-0.4, -0.2) is 36.7 Å². The highest BCUT2D eigenvalue weighted by Crippen LogP contribution is 2.25. The van der Waals surface area contributed by atoms with E-state index in [4.69, 9.17) is 26.4 Å². The van der Waals surface area contributed by atoms with Crippen molar-refractivity contribution in [2.75, 3.05) is 19.8 Å². The third-order valence-corrected chi connectivity index (χ3v) is 5.27. The maximum atomic E-state index is 12.5. The average molecular weight is 558 g/mol. The zero-order valence-corrected chi connectivity index (χ0v) is 21.3. The third-order valence-electron chi connectivity index (χ3n) is 4.45. The van der Waals surface area contributed by atoms with Crippen molar-refractivity contribution in [1.82, 2.24) is 16.2 Å². The normalized spacial score (nSPS) is 10.1. The Kier molecular flexibility index (Phi) is 9.88. The lowest BCUT2D eigenvalue weighted by Gasteiger charge is -2.13. The molecule has 0 fully saturated rings. The first-order valence-electron chi connectivity index (χ1n) is 10.6. The number of thiocarbonyl (C=S) groups is 1. The number of rotatable bonds is 9. The first-order chi connectivity index (χ1) is 16.9. The Balaban J connectivity index is 1.38. The number of amides is 2. The molecule has 35 heavy (non-hydrogen) atoms. The number of para-hydroxylation sites is 1. The van der Waals surface area contributed by atoms with Crippen LogP contribution in [0, 0.1) is 6.92 Å². The van der Waals surface area contributed by atoms with Crippen molar-refractivity contribution in [3.8, 4) is 17.2 Å². The van der Waals surface area contributed by atoms with Gasteiger partial charge in [0.2, 0.25) is 0 Å². The van der Waals surface area contributed by atoms with E-state index in [0.717, 1.165) is 15.8 Å². The summed E-state index contributed by atoms with van der Waals surface area (Å²) in [4.78, 5) is 24.5. The predicted molar refractivity (Wildman–Crippen MR) is 140 cm³/mol. The van der Waals surface area contributed by atoms with E-state index in [1.165, 1.54) is 0 Å². The summed E-state index contributed by atoms with van der Waals surface area (Å²) in [5.41, 5.74) is 6.25. The minimum Gasteiger partial charge on any atom is -0.490 e. The Morgan fingerprint density at radius 3 is 2.31 bits per heavy atom. The van der Waals surface area contributed by atoms with Crippen LogP contribution in [0.3, 0.4) is 0 Å². The van der Waals surface area contributed by atoms with Crippen molar-refractivity contribution in [2.45, 2.75) is 6.92 Å². The fourth-order valence-electron chi connectivity index (χ4n) is 2.80. The van der Waals surface area contributed by atoms with E-state index >= 15 is 0 Å². The number of hydrazine groups is 1. The number of aryl methyl sites for hydroxylation is 1. The van der Waals surface area contributed by atoms with Gasteiger partial charge in [-0.1, -0.05) is 30.3 Å². The van der Waals surface area contributed by atoms with Crippen LogP contribution >= 0.6 is 28.1 Å². The average Bonchev–Trinajstić information content (AvgIpc) is 2.85. The number of halogens is 1. The molecule has 10 heteroatoms. The van der Waals surface area contributed by atoms with E-state index in [1.807, 2.05) is 49.4 Å². The number of carbonyl (C=O) groups excluding carboxylic acids is 2. The van der Waals surface area contributed by atoms with Crippen molar-refractivity contribution in [3.63, 3.8) is 0 Å². The molecule has 0 aliphatic heterocycles. The lowest BCUT2D eigenvalue weighted by molar-refractivity contribution is -0.123. The quantitative estimate of drug-likeness (QED) is 0.208. The molecular weight excluding hydrogens is 534 g/mol. The third kappa shape index (κ3) is 8.91. The number of ether oxygens (including phenoxy) is 3. The molecule has 0 heterocycles. The molecule has 0 radical (unpaired) electrons. The molecule has 0 unspecified atom stereocenters. The highest BCUT2D eigenvalue weighted by Gasteiger charge is 2.11. The van der Waals surface area contributed by atoms with Crippen LogP contribution in [0.15, 0.2) is 77.3 Å². The van der Waals surface area contributed by atoms with Crippen LogP contribution in [0.2, 0.25) is 0 Å². The van der Waals surface area contributed by atoms with Gasteiger partial charge in [0.25, 0.3) is 11.8 Å². The van der Waals surface area contributed by atoms with Gasteiger partial charge >= 0.3 is 0 Å². The standard InChI is InChI=1S/C25H24BrN3O5S/c1-17-10-11-22(21(26)14-17)34-16-23(30)28-29-25(35)27-24(31)18-6-5-9-20(15-18)33-13-12-32-19-7-3-2-4-8-19/h2-11,14-15H,12-13,16H2,1H3,(H,28,30)(H2,27,29,31,35). The number of nitrogens with one attached hydrogen (secondary N) is 3. The van der Waals surface area contributed by atoms with Gasteiger partial charge in [-0.05, 0) is 83.1 Å². The smallest absolute Gasteiger partial charge is 0.276 e. The van der Waals surface area contributed by atoms with E-state index < -0.39 is 11.8 Å². The molecule has 0 aromatic heterocycles. The molecule has 0 aliphatic rings. The molecule has 3 rings (SSSR count). The summed E-state index contributed by atoms with van der Waals surface area (Å²) in [6.07, 6.45) is 0. The van der Waals surface area contributed by atoms with Crippen LogP contribution in [0.4, 0.5) is 0 Å². The summed E-state index contributed by atoms with van der Waals surface area (Å²) in [5, 5.41) is 2.43. The van der Waals surface area contributed by atoms with Crippen molar-refractivity contribution in [3.05, 3.63) is 88.4 Å². The van der Waals surface area contributed by atoms with Crippen molar-refractivity contribution in [2.24, 2.45) is 0 Å². The molecule has 0 atom stereocenters. The Morgan fingerprint density at radius 1 is 0.857 bits per heavy atom. The maximum Gasteiger partial charge on any atom is 0.276 e. The van der Waals surface area contributed by atoms with Gasteiger partial charge in [0.1, 0.15) is 30.5 Å². The molecule has 0 saturated carbocycles. The summed E-state index contributed by atoms with van der Waals surface area (Å²) in [6.45, 7) is 2.39. The minimum absolute atomic E-state index is 0.0672. The Morgan fingerprint density at radius 2 is 1.57 bits per heavy atom. The molecule has 0 aliphatic carbocycles. The number of hydrogen-bond acceptors (Lipinski definition) is 6. The maximum absolute atomic E-state index is 12.5. The second-order valence-electron chi connectivity index (χ2n) is 7.22. The van der Waals surface area contributed by atoms with Crippen molar-refractivity contribution in [1.29, 1.82) is 0 Å². The highest BCUT2D eigenvalue weighted by molar-refractivity contribution is 9.10. The zero-order chi connectivity index (χ0) is 25.0. The molecule has 0 bridgehead atoms. The summed E-state index contributed by atoms with van der Waals surface area (Å²) in [5.74, 6) is 0.882. The number of carbonyl (C=O) groups is 2. The second kappa shape index (κ2) is 13.3. The predicted octanol–water partition coefficient (Wildman–Crippen LogP) is 3.93. The summed E-state index contributed by atoms with van der Waals surface area (Å²) >= 11 is 8.46. The van der Waals surface area contributed by atoms with Crippen LogP contribution in [-0.2, 0) is 4.79 Å². The topological polar surface area (TPSA) is 97.9 Å². The lowest BCUT2D eigenvalue weighted by Crippen LogP contribution is -2.49. The fourth-order valence-corrected chi connectivity index (χ4v) is 3.55. The Labute approximate surface area is 217 Å². The van der Waals surface area contributed by atoms with Gasteiger partial charge in [0.05, 0.1) is 4.47 Å². The van der Waals surface area contributed by atoms with E-state index in [-0.39, 0.29) is 11.7 Å². The van der Waals surface area contributed by atoms with Crippen LogP contribution in [0.1, 0.15) is 15.9 Å². The molecule has 0 spiro atoms. The van der Waals surface area contributed by atoms with Gasteiger partial charge in [-0.15, -0.1) is 0 Å². The monoisotopic (exact) mass is 557 g/mol. The molecule has 3 aromatic rings. The van der Waals surface area contributed by atoms with Gasteiger partial charge in [-0.2, -0.15) is 0 Å². The zero-order valence-electron chi connectivity index (χ0n) is 18.9. The largest absolute Gasteiger partial charge is 0.490 e. The van der Waals surface area contributed by atoms with Crippen LogP contribution in [0.5, 0.6) is 17.2 Å². The Bertz CT molecular complexity index is 1180. The van der Waals surface area contributed by atoms with Gasteiger partial charge in [-0.25, -0.2) is 0 Å². The van der Waals surface area contributed by atoms with Crippen LogP contribution < -0.4 is 30.4 Å².